The predicted molar refractivity (Wildman–Crippen MR) is 71.6 cm³/mol. The van der Waals surface area contributed by atoms with Crippen molar-refractivity contribution in [1.29, 1.82) is 0 Å². The summed E-state index contributed by atoms with van der Waals surface area (Å²) in [5.74, 6) is 0. The summed E-state index contributed by atoms with van der Waals surface area (Å²) in [6, 6.07) is 7.33. The first-order valence-electron chi connectivity index (χ1n) is 6.17. The number of nitrogens with one attached hydrogen (secondary N) is 1. The van der Waals surface area contributed by atoms with Gasteiger partial charge in [0.15, 0.2) is 9.84 Å². The highest BCUT2D eigenvalue weighted by Crippen LogP contribution is 2.27. The SMILES string of the molecule is CCOC1CC(Nc2ccc(S(C)(=O)=O)cc2)C1. The molecule has 1 aliphatic carbocycles. The normalized spacial score (nSPS) is 23.4. The highest BCUT2D eigenvalue weighted by atomic mass is 32.2. The minimum atomic E-state index is -3.10. The second kappa shape index (κ2) is 5.28. The van der Waals surface area contributed by atoms with E-state index in [1.807, 2.05) is 19.1 Å². The zero-order valence-electron chi connectivity index (χ0n) is 10.7. The first-order chi connectivity index (χ1) is 8.49. The number of hydrogen-bond donors (Lipinski definition) is 1. The van der Waals surface area contributed by atoms with Crippen molar-refractivity contribution >= 4 is 15.5 Å². The van der Waals surface area contributed by atoms with Crippen LogP contribution in [0.5, 0.6) is 0 Å². The van der Waals surface area contributed by atoms with Gasteiger partial charge in [-0.25, -0.2) is 8.42 Å². The van der Waals surface area contributed by atoms with Crippen LogP contribution in [0.4, 0.5) is 5.69 Å². The van der Waals surface area contributed by atoms with Crippen molar-refractivity contribution in [2.45, 2.75) is 36.8 Å². The van der Waals surface area contributed by atoms with E-state index in [-0.39, 0.29) is 0 Å². The lowest BCUT2D eigenvalue weighted by atomic mass is 9.89. The van der Waals surface area contributed by atoms with Crippen molar-refractivity contribution in [3.8, 4) is 0 Å². The molecule has 0 saturated heterocycles. The summed E-state index contributed by atoms with van der Waals surface area (Å²) in [5.41, 5.74) is 0.961. The van der Waals surface area contributed by atoms with Crippen LogP contribution in [0.25, 0.3) is 0 Å². The molecular formula is C13H19NO3S. The molecule has 0 radical (unpaired) electrons. The van der Waals surface area contributed by atoms with E-state index in [1.165, 1.54) is 6.26 Å². The molecule has 4 nitrogen and oxygen atoms in total. The van der Waals surface area contributed by atoms with Crippen LogP contribution < -0.4 is 5.32 Å². The van der Waals surface area contributed by atoms with Crippen LogP contribution in [-0.2, 0) is 14.6 Å². The summed E-state index contributed by atoms with van der Waals surface area (Å²) in [6.07, 6.45) is 3.62. The average Bonchev–Trinajstić information content (AvgIpc) is 2.26. The number of sulfone groups is 1. The lowest BCUT2D eigenvalue weighted by Gasteiger charge is -2.36. The Labute approximate surface area is 108 Å². The van der Waals surface area contributed by atoms with Gasteiger partial charge in [0, 0.05) is 24.6 Å². The molecule has 1 N–H and O–H groups in total. The van der Waals surface area contributed by atoms with Crippen LogP contribution in [0.15, 0.2) is 29.2 Å². The fourth-order valence-corrected chi connectivity index (χ4v) is 2.72. The molecule has 0 amide bonds. The monoisotopic (exact) mass is 269 g/mol. The molecule has 1 aromatic rings. The number of hydrogen-bond acceptors (Lipinski definition) is 4. The first-order valence-corrected chi connectivity index (χ1v) is 8.06. The van der Waals surface area contributed by atoms with Crippen LogP contribution >= 0.6 is 0 Å². The third kappa shape index (κ3) is 3.23. The first kappa shape index (κ1) is 13.4. The van der Waals surface area contributed by atoms with Gasteiger partial charge in [0.1, 0.15) is 0 Å². The maximum Gasteiger partial charge on any atom is 0.175 e. The Bertz CT molecular complexity index is 489. The fourth-order valence-electron chi connectivity index (χ4n) is 2.09. The number of anilines is 1. The minimum absolute atomic E-state index is 0.355. The van der Waals surface area contributed by atoms with Crippen molar-refractivity contribution in [3.05, 3.63) is 24.3 Å². The fraction of sp³-hybridized carbons (Fsp3) is 0.538. The van der Waals surface area contributed by atoms with Gasteiger partial charge in [-0.05, 0) is 44.0 Å². The second-order valence-electron chi connectivity index (χ2n) is 4.69. The van der Waals surface area contributed by atoms with E-state index in [2.05, 4.69) is 5.32 Å². The second-order valence-corrected chi connectivity index (χ2v) is 6.70. The van der Waals surface area contributed by atoms with Gasteiger partial charge in [-0.1, -0.05) is 0 Å². The van der Waals surface area contributed by atoms with Crippen LogP contribution in [0.1, 0.15) is 19.8 Å². The third-order valence-corrected chi connectivity index (χ3v) is 4.28. The van der Waals surface area contributed by atoms with Crippen molar-refractivity contribution in [2.24, 2.45) is 0 Å². The summed E-state index contributed by atoms with van der Waals surface area (Å²) < 4.78 is 28.1. The average molecular weight is 269 g/mol. The summed E-state index contributed by atoms with van der Waals surface area (Å²) >= 11 is 0. The van der Waals surface area contributed by atoms with Crippen molar-refractivity contribution in [2.75, 3.05) is 18.2 Å². The number of rotatable bonds is 5. The van der Waals surface area contributed by atoms with Crippen LogP contribution in [0.3, 0.4) is 0 Å². The van der Waals surface area contributed by atoms with E-state index < -0.39 is 9.84 Å². The maximum absolute atomic E-state index is 11.3. The van der Waals surface area contributed by atoms with E-state index >= 15 is 0 Å². The molecule has 2 rings (SSSR count). The molecule has 100 valence electrons. The van der Waals surface area contributed by atoms with Gasteiger partial charge in [0.25, 0.3) is 0 Å². The number of ether oxygens (including phenoxy) is 1. The Balaban J connectivity index is 1.89. The Morgan fingerprint density at radius 3 is 2.39 bits per heavy atom. The van der Waals surface area contributed by atoms with E-state index in [9.17, 15) is 8.42 Å². The van der Waals surface area contributed by atoms with Crippen LogP contribution in [0.2, 0.25) is 0 Å². The highest BCUT2D eigenvalue weighted by molar-refractivity contribution is 7.90. The topological polar surface area (TPSA) is 55.4 Å². The summed E-state index contributed by atoms with van der Waals surface area (Å²) in [5, 5.41) is 3.37. The van der Waals surface area contributed by atoms with Crippen molar-refractivity contribution in [1.82, 2.24) is 0 Å². The van der Waals surface area contributed by atoms with Crippen molar-refractivity contribution in [3.63, 3.8) is 0 Å². The molecule has 18 heavy (non-hydrogen) atoms. The Hall–Kier alpha value is -1.07. The number of benzene rings is 1. The van der Waals surface area contributed by atoms with E-state index in [0.717, 1.165) is 25.1 Å². The zero-order chi connectivity index (χ0) is 13.2. The quantitative estimate of drug-likeness (QED) is 0.889. The summed E-state index contributed by atoms with van der Waals surface area (Å²) in [4.78, 5) is 0.355. The van der Waals surface area contributed by atoms with E-state index in [1.54, 1.807) is 12.1 Å². The molecule has 1 aromatic carbocycles. The van der Waals surface area contributed by atoms with E-state index in [4.69, 9.17) is 4.74 Å². The molecule has 1 saturated carbocycles. The molecule has 0 spiro atoms. The molecule has 0 bridgehead atoms. The van der Waals surface area contributed by atoms with Crippen molar-refractivity contribution < 1.29 is 13.2 Å². The third-order valence-electron chi connectivity index (χ3n) is 3.15. The Kier molecular flexibility index (Phi) is 3.92. The zero-order valence-corrected chi connectivity index (χ0v) is 11.5. The molecule has 1 aliphatic rings. The van der Waals surface area contributed by atoms with Gasteiger partial charge in [-0.15, -0.1) is 0 Å². The van der Waals surface area contributed by atoms with Gasteiger partial charge in [-0.3, -0.25) is 0 Å². The minimum Gasteiger partial charge on any atom is -0.382 e. The molecule has 0 atom stereocenters. The van der Waals surface area contributed by atoms with Gasteiger partial charge < -0.3 is 10.1 Å². The Morgan fingerprint density at radius 2 is 1.89 bits per heavy atom. The molecule has 0 aliphatic heterocycles. The summed E-state index contributed by atoms with van der Waals surface area (Å²) in [7, 11) is -3.10. The van der Waals surface area contributed by atoms with Crippen LogP contribution in [-0.4, -0.2) is 33.4 Å². The maximum atomic E-state index is 11.3. The predicted octanol–water partition coefficient (Wildman–Crippen LogP) is 2.07. The molecular weight excluding hydrogens is 250 g/mol. The largest absolute Gasteiger partial charge is 0.382 e. The van der Waals surface area contributed by atoms with Crippen LogP contribution in [0, 0.1) is 0 Å². The van der Waals surface area contributed by atoms with E-state index in [0.29, 0.717) is 17.0 Å². The van der Waals surface area contributed by atoms with Gasteiger partial charge in [0.2, 0.25) is 0 Å². The molecule has 5 heteroatoms. The molecule has 0 unspecified atom stereocenters. The summed E-state index contributed by atoms with van der Waals surface area (Å²) in [6.45, 7) is 2.77. The van der Waals surface area contributed by atoms with Gasteiger partial charge in [-0.2, -0.15) is 0 Å². The lowest BCUT2D eigenvalue weighted by Crippen LogP contribution is -2.40. The van der Waals surface area contributed by atoms with Gasteiger partial charge in [0.05, 0.1) is 11.0 Å². The highest BCUT2D eigenvalue weighted by Gasteiger charge is 2.29. The lowest BCUT2D eigenvalue weighted by molar-refractivity contribution is 0.00299. The molecule has 1 fully saturated rings. The Morgan fingerprint density at radius 1 is 1.28 bits per heavy atom. The van der Waals surface area contributed by atoms with Gasteiger partial charge >= 0.3 is 0 Å². The molecule has 0 heterocycles. The standard InChI is InChI=1S/C13H19NO3S/c1-3-17-12-8-11(9-12)14-10-4-6-13(7-5-10)18(2,15)16/h4-7,11-12,14H,3,8-9H2,1-2H3. The smallest absolute Gasteiger partial charge is 0.175 e. The molecule has 0 aromatic heterocycles.